The molecule has 1 atom stereocenters. The van der Waals surface area contributed by atoms with Crippen LogP contribution >= 0.6 is 0 Å². The summed E-state index contributed by atoms with van der Waals surface area (Å²) < 4.78 is 0. The van der Waals surface area contributed by atoms with Crippen molar-refractivity contribution in [2.75, 3.05) is 19.7 Å². The van der Waals surface area contributed by atoms with E-state index in [0.29, 0.717) is 18.6 Å². The average molecular weight is 230 g/mol. The molecule has 0 aromatic rings. The maximum Gasteiger partial charge on any atom is 0.0897 e. The molecule has 4 nitrogen and oxygen atoms in total. The zero-order valence-electron chi connectivity index (χ0n) is 10.3. The zero-order valence-corrected chi connectivity index (χ0v) is 10.3. The average Bonchev–Trinajstić information content (AvgIpc) is 2.29. The number of nitrogens with zero attached hydrogens (tertiary/aromatic N) is 1. The Hall–Kier alpha value is -0.160. The van der Waals surface area contributed by atoms with Gasteiger partial charge in [0.15, 0.2) is 0 Å². The Bertz CT molecular complexity index is 182. The first kappa shape index (κ1) is 13.9. The van der Waals surface area contributed by atoms with Crippen LogP contribution in [0.4, 0.5) is 0 Å². The highest BCUT2D eigenvalue weighted by Gasteiger charge is 2.24. The van der Waals surface area contributed by atoms with E-state index in [2.05, 4.69) is 11.8 Å². The maximum atomic E-state index is 9.52. The summed E-state index contributed by atoms with van der Waals surface area (Å²) in [5.74, 6) is 0. The van der Waals surface area contributed by atoms with Crippen molar-refractivity contribution >= 4 is 0 Å². The van der Waals surface area contributed by atoms with Gasteiger partial charge < -0.3 is 15.9 Å². The van der Waals surface area contributed by atoms with Crippen LogP contribution in [0.25, 0.3) is 0 Å². The smallest absolute Gasteiger partial charge is 0.0897 e. The molecule has 16 heavy (non-hydrogen) atoms. The molecule has 1 fully saturated rings. The summed E-state index contributed by atoms with van der Waals surface area (Å²) in [6, 6.07) is 0.906. The van der Waals surface area contributed by atoms with Crippen molar-refractivity contribution < 1.29 is 10.2 Å². The van der Waals surface area contributed by atoms with Crippen molar-refractivity contribution in [1.82, 2.24) is 4.90 Å². The molecule has 1 rings (SSSR count). The summed E-state index contributed by atoms with van der Waals surface area (Å²) in [4.78, 5) is 2.31. The molecule has 1 aliphatic rings. The second-order valence-corrected chi connectivity index (χ2v) is 4.90. The van der Waals surface area contributed by atoms with Gasteiger partial charge in [-0.2, -0.15) is 0 Å². The number of rotatable bonds is 6. The van der Waals surface area contributed by atoms with Gasteiger partial charge in [0.2, 0.25) is 0 Å². The van der Waals surface area contributed by atoms with E-state index in [9.17, 15) is 5.11 Å². The minimum atomic E-state index is -0.609. The molecular weight excluding hydrogens is 204 g/mol. The van der Waals surface area contributed by atoms with Gasteiger partial charge in [-0.3, -0.25) is 4.90 Å². The lowest BCUT2D eigenvalue weighted by Gasteiger charge is -2.36. The third-order valence-corrected chi connectivity index (χ3v) is 3.42. The van der Waals surface area contributed by atoms with E-state index in [4.69, 9.17) is 10.8 Å². The van der Waals surface area contributed by atoms with Gasteiger partial charge in [-0.15, -0.1) is 0 Å². The first-order valence-electron chi connectivity index (χ1n) is 6.46. The van der Waals surface area contributed by atoms with Crippen molar-refractivity contribution in [3.05, 3.63) is 0 Å². The summed E-state index contributed by atoms with van der Waals surface area (Å²) in [5, 5.41) is 18.4. The summed E-state index contributed by atoms with van der Waals surface area (Å²) in [6.07, 6.45) is 4.89. The molecule has 0 amide bonds. The number of aliphatic hydroxyl groups excluding tert-OH is 2. The monoisotopic (exact) mass is 230 g/mol. The lowest BCUT2D eigenvalue weighted by molar-refractivity contribution is 0.0359. The lowest BCUT2D eigenvalue weighted by atomic mass is 9.90. The number of hydrogen-bond acceptors (Lipinski definition) is 4. The predicted molar refractivity (Wildman–Crippen MR) is 65.2 cm³/mol. The molecule has 0 spiro atoms. The lowest BCUT2D eigenvalue weighted by Crippen LogP contribution is -2.45. The van der Waals surface area contributed by atoms with Crippen LogP contribution in [-0.2, 0) is 0 Å². The third-order valence-electron chi connectivity index (χ3n) is 3.42. The fourth-order valence-corrected chi connectivity index (χ4v) is 2.51. The van der Waals surface area contributed by atoms with Crippen LogP contribution in [-0.4, -0.2) is 53.0 Å². The molecule has 4 N–H and O–H groups in total. The summed E-state index contributed by atoms with van der Waals surface area (Å²) >= 11 is 0. The van der Waals surface area contributed by atoms with E-state index in [0.717, 1.165) is 38.6 Å². The first-order chi connectivity index (χ1) is 7.67. The number of nitrogens with two attached hydrogens (primary N) is 1. The second kappa shape index (κ2) is 7.22. The largest absolute Gasteiger partial charge is 0.394 e. The van der Waals surface area contributed by atoms with Crippen LogP contribution in [0, 0.1) is 0 Å². The van der Waals surface area contributed by atoms with E-state index in [1.165, 1.54) is 0 Å². The molecule has 0 aromatic carbocycles. The zero-order chi connectivity index (χ0) is 12.0. The van der Waals surface area contributed by atoms with Crippen LogP contribution in [0.1, 0.15) is 39.0 Å². The van der Waals surface area contributed by atoms with Gasteiger partial charge in [0, 0.05) is 18.6 Å². The Balaban J connectivity index is 2.42. The highest BCUT2D eigenvalue weighted by atomic mass is 16.3. The molecule has 0 aromatic heterocycles. The van der Waals surface area contributed by atoms with Crippen molar-refractivity contribution in [3.63, 3.8) is 0 Å². The minimum Gasteiger partial charge on any atom is -0.394 e. The maximum absolute atomic E-state index is 9.52. The Kier molecular flexibility index (Phi) is 6.28. The number of aliphatic hydroxyl groups is 2. The summed E-state index contributed by atoms with van der Waals surface area (Å²) in [7, 11) is 0. The fourth-order valence-electron chi connectivity index (χ4n) is 2.51. The van der Waals surface area contributed by atoms with Crippen LogP contribution in [0.5, 0.6) is 0 Å². The molecule has 0 bridgehead atoms. The normalized spacial score (nSPS) is 28.3. The van der Waals surface area contributed by atoms with E-state index in [1.807, 2.05) is 0 Å². The molecule has 0 heterocycles. The predicted octanol–water partition coefficient (Wildman–Crippen LogP) is 0.321. The Labute approximate surface area is 98.4 Å². The van der Waals surface area contributed by atoms with Crippen LogP contribution in [0.3, 0.4) is 0 Å². The second-order valence-electron chi connectivity index (χ2n) is 4.90. The van der Waals surface area contributed by atoms with Gasteiger partial charge in [0.05, 0.1) is 12.7 Å². The van der Waals surface area contributed by atoms with Crippen molar-refractivity contribution in [3.8, 4) is 0 Å². The fraction of sp³-hybridized carbons (Fsp3) is 1.00. The van der Waals surface area contributed by atoms with Gasteiger partial charge in [-0.25, -0.2) is 0 Å². The molecule has 0 radical (unpaired) electrons. The van der Waals surface area contributed by atoms with Gasteiger partial charge in [-0.1, -0.05) is 6.92 Å². The first-order valence-corrected chi connectivity index (χ1v) is 6.46. The van der Waals surface area contributed by atoms with Gasteiger partial charge in [0.1, 0.15) is 0 Å². The molecular formula is C12H26N2O2. The molecule has 96 valence electrons. The van der Waals surface area contributed by atoms with Crippen molar-refractivity contribution in [2.45, 2.75) is 57.2 Å². The SMILES string of the molecule is CCCN(CC(O)CO)C1CCC(N)CC1. The topological polar surface area (TPSA) is 69.7 Å². The molecule has 4 heteroatoms. The molecule has 1 unspecified atom stereocenters. The van der Waals surface area contributed by atoms with Crippen LogP contribution < -0.4 is 5.73 Å². The number of hydrogen-bond donors (Lipinski definition) is 3. The third kappa shape index (κ3) is 4.37. The van der Waals surface area contributed by atoms with E-state index in [-0.39, 0.29) is 6.61 Å². The van der Waals surface area contributed by atoms with Gasteiger partial charge in [-0.05, 0) is 38.6 Å². The molecule has 1 aliphatic carbocycles. The van der Waals surface area contributed by atoms with Gasteiger partial charge in [0.25, 0.3) is 0 Å². The Morgan fingerprint density at radius 3 is 2.44 bits per heavy atom. The van der Waals surface area contributed by atoms with Crippen LogP contribution in [0.2, 0.25) is 0 Å². The molecule has 0 saturated heterocycles. The van der Waals surface area contributed by atoms with Gasteiger partial charge >= 0.3 is 0 Å². The Morgan fingerprint density at radius 1 is 1.31 bits per heavy atom. The van der Waals surface area contributed by atoms with E-state index in [1.54, 1.807) is 0 Å². The van der Waals surface area contributed by atoms with Crippen molar-refractivity contribution in [2.24, 2.45) is 5.73 Å². The standard InChI is InChI=1S/C12H26N2O2/c1-2-7-14(8-12(16)9-15)11-5-3-10(13)4-6-11/h10-12,15-16H,2-9,13H2,1H3. The Morgan fingerprint density at radius 2 is 1.94 bits per heavy atom. The van der Waals surface area contributed by atoms with E-state index >= 15 is 0 Å². The quantitative estimate of drug-likeness (QED) is 0.615. The minimum absolute atomic E-state index is 0.146. The summed E-state index contributed by atoms with van der Waals surface area (Å²) in [5.41, 5.74) is 5.89. The van der Waals surface area contributed by atoms with E-state index < -0.39 is 6.10 Å². The van der Waals surface area contributed by atoms with Crippen LogP contribution in [0.15, 0.2) is 0 Å². The highest BCUT2D eigenvalue weighted by molar-refractivity contribution is 4.82. The van der Waals surface area contributed by atoms with Crippen molar-refractivity contribution in [1.29, 1.82) is 0 Å². The molecule has 1 saturated carbocycles. The highest BCUT2D eigenvalue weighted by Crippen LogP contribution is 2.22. The molecule has 0 aliphatic heterocycles. The summed E-state index contributed by atoms with van der Waals surface area (Å²) in [6.45, 7) is 3.58.